The molecule has 0 bridgehead atoms. The van der Waals surface area contributed by atoms with Crippen LogP contribution in [0.4, 0.5) is 0 Å². The molecule has 0 aliphatic heterocycles. The average molecular weight is 587 g/mol. The maximum Gasteiger partial charge on any atom is 0.0553 e. The van der Waals surface area contributed by atoms with Crippen molar-refractivity contribution in [2.24, 2.45) is 0 Å². The zero-order valence-corrected chi connectivity index (χ0v) is 25.5. The van der Waals surface area contributed by atoms with E-state index in [9.17, 15) is 0 Å². The van der Waals surface area contributed by atoms with Crippen LogP contribution >= 0.6 is 0 Å². The van der Waals surface area contributed by atoms with Crippen molar-refractivity contribution in [3.8, 4) is 39.1 Å². The maximum atomic E-state index is 4.51. The lowest BCUT2D eigenvalue weighted by Gasteiger charge is -2.13. The molecule has 0 aliphatic carbocycles. The zero-order valence-electron chi connectivity index (χ0n) is 25.5. The van der Waals surface area contributed by atoms with Gasteiger partial charge in [0, 0.05) is 33.9 Å². The summed E-state index contributed by atoms with van der Waals surface area (Å²) < 4.78 is 2.44. The Hall–Kier alpha value is -5.99. The second-order valence-corrected chi connectivity index (χ2v) is 12.1. The van der Waals surface area contributed by atoms with Gasteiger partial charge >= 0.3 is 0 Å². The third-order valence-corrected chi connectivity index (χ3v) is 9.31. The molecule has 0 aliphatic rings. The highest BCUT2D eigenvalue weighted by atomic mass is 15.0. The second kappa shape index (κ2) is 10.6. The van der Waals surface area contributed by atoms with Gasteiger partial charge in [0.2, 0.25) is 0 Å². The van der Waals surface area contributed by atoms with Gasteiger partial charge in [-0.1, -0.05) is 121 Å². The van der Waals surface area contributed by atoms with Crippen LogP contribution in [0.1, 0.15) is 5.69 Å². The molecule has 9 rings (SSSR count). The summed E-state index contributed by atoms with van der Waals surface area (Å²) in [4.78, 5) is 4.51. The Kier molecular flexibility index (Phi) is 6.07. The molecule has 216 valence electrons. The molecule has 7 aromatic carbocycles. The van der Waals surface area contributed by atoms with E-state index in [4.69, 9.17) is 0 Å². The Balaban J connectivity index is 1.30. The quantitative estimate of drug-likeness (QED) is 0.201. The van der Waals surface area contributed by atoms with Crippen molar-refractivity contribution >= 4 is 43.4 Å². The lowest BCUT2D eigenvalue weighted by atomic mass is 9.93. The van der Waals surface area contributed by atoms with Gasteiger partial charge in [-0.3, -0.25) is 4.98 Å². The minimum Gasteiger partial charge on any atom is -0.309 e. The fourth-order valence-electron chi connectivity index (χ4n) is 7.00. The molecule has 0 fully saturated rings. The van der Waals surface area contributed by atoms with Crippen LogP contribution in [0.2, 0.25) is 0 Å². The third-order valence-electron chi connectivity index (χ3n) is 9.31. The third kappa shape index (κ3) is 4.30. The first-order valence-electron chi connectivity index (χ1n) is 15.8. The molecular formula is C44H30N2. The number of nitrogens with zero attached hydrogens (tertiary/aromatic N) is 2. The predicted molar refractivity (Wildman–Crippen MR) is 195 cm³/mol. The minimum atomic E-state index is 1.03. The monoisotopic (exact) mass is 586 g/mol. The predicted octanol–water partition coefficient (Wildman–Crippen LogP) is 11.8. The smallest absolute Gasteiger partial charge is 0.0553 e. The molecule has 0 radical (unpaired) electrons. The van der Waals surface area contributed by atoms with Crippen molar-refractivity contribution in [3.63, 3.8) is 0 Å². The Morgan fingerprint density at radius 3 is 1.89 bits per heavy atom. The van der Waals surface area contributed by atoms with E-state index in [2.05, 4.69) is 167 Å². The molecule has 0 N–H and O–H groups in total. The van der Waals surface area contributed by atoms with Gasteiger partial charge in [0.15, 0.2) is 0 Å². The summed E-state index contributed by atoms with van der Waals surface area (Å²) in [5.41, 5.74) is 11.7. The lowest BCUT2D eigenvalue weighted by Crippen LogP contribution is -1.94. The number of rotatable bonds is 4. The largest absolute Gasteiger partial charge is 0.309 e. The van der Waals surface area contributed by atoms with Crippen molar-refractivity contribution in [1.82, 2.24) is 9.55 Å². The van der Waals surface area contributed by atoms with E-state index in [0.717, 1.165) is 16.9 Å². The molecule has 0 amide bonds. The number of pyridine rings is 1. The highest BCUT2D eigenvalue weighted by molar-refractivity contribution is 6.24. The van der Waals surface area contributed by atoms with Crippen LogP contribution in [0.25, 0.3) is 82.4 Å². The first-order valence-corrected chi connectivity index (χ1v) is 15.8. The van der Waals surface area contributed by atoms with Gasteiger partial charge in [-0.05, 0) is 92.7 Å². The number of para-hydroxylation sites is 1. The van der Waals surface area contributed by atoms with Gasteiger partial charge < -0.3 is 4.57 Å². The standard InChI is InChI=1S/C44H30N2/c1-29-15-16-36(28-45-29)31-17-20-32(21-18-31)41-27-43-44(39-14-8-7-13-38(39)41)40-24-23-35(26-42(40)46(43)37-11-3-2-4-12-37)34-22-19-30-9-5-6-10-33(30)25-34/h2-28H,1H3. The van der Waals surface area contributed by atoms with Crippen molar-refractivity contribution in [2.45, 2.75) is 6.92 Å². The summed E-state index contributed by atoms with van der Waals surface area (Å²) in [6, 6.07) is 57.4. The van der Waals surface area contributed by atoms with Gasteiger partial charge in [-0.25, -0.2) is 0 Å². The van der Waals surface area contributed by atoms with Gasteiger partial charge in [-0.15, -0.1) is 0 Å². The number of aryl methyl sites for hydroxylation is 1. The summed E-state index contributed by atoms with van der Waals surface area (Å²) in [5, 5.41) is 7.57. The van der Waals surface area contributed by atoms with E-state index >= 15 is 0 Å². The number of benzene rings is 7. The Morgan fingerprint density at radius 1 is 0.435 bits per heavy atom. The molecule has 0 saturated heterocycles. The van der Waals surface area contributed by atoms with Crippen LogP contribution in [0.3, 0.4) is 0 Å². The summed E-state index contributed by atoms with van der Waals surface area (Å²) >= 11 is 0. The van der Waals surface area contributed by atoms with Crippen LogP contribution in [0.15, 0.2) is 164 Å². The fourth-order valence-corrected chi connectivity index (χ4v) is 7.00. The van der Waals surface area contributed by atoms with Crippen molar-refractivity contribution in [3.05, 3.63) is 170 Å². The molecule has 0 atom stereocenters. The van der Waals surface area contributed by atoms with Gasteiger partial charge in [-0.2, -0.15) is 0 Å². The molecule has 2 aromatic heterocycles. The molecular weight excluding hydrogens is 556 g/mol. The highest BCUT2D eigenvalue weighted by Crippen LogP contribution is 2.42. The normalized spacial score (nSPS) is 11.6. The van der Waals surface area contributed by atoms with Crippen LogP contribution < -0.4 is 0 Å². The van der Waals surface area contributed by atoms with Gasteiger partial charge in [0.25, 0.3) is 0 Å². The highest BCUT2D eigenvalue weighted by Gasteiger charge is 2.19. The number of hydrogen-bond donors (Lipinski definition) is 0. The van der Waals surface area contributed by atoms with Gasteiger partial charge in [0.1, 0.15) is 0 Å². The van der Waals surface area contributed by atoms with Crippen LogP contribution in [-0.2, 0) is 0 Å². The Bertz CT molecular complexity index is 2560. The topological polar surface area (TPSA) is 17.8 Å². The lowest BCUT2D eigenvalue weighted by molar-refractivity contribution is 1.18. The molecule has 2 heterocycles. The van der Waals surface area contributed by atoms with E-state index in [1.807, 2.05) is 13.1 Å². The summed E-state index contributed by atoms with van der Waals surface area (Å²) in [6.45, 7) is 2.02. The van der Waals surface area contributed by atoms with Crippen molar-refractivity contribution < 1.29 is 0 Å². The second-order valence-electron chi connectivity index (χ2n) is 12.1. The van der Waals surface area contributed by atoms with E-state index in [-0.39, 0.29) is 0 Å². The van der Waals surface area contributed by atoms with Crippen molar-refractivity contribution in [1.29, 1.82) is 0 Å². The fraction of sp³-hybridized carbons (Fsp3) is 0.0227. The number of aromatic nitrogens is 2. The van der Waals surface area contributed by atoms with Crippen molar-refractivity contribution in [2.75, 3.05) is 0 Å². The first kappa shape index (κ1) is 26.4. The molecule has 9 aromatic rings. The average Bonchev–Trinajstić information content (AvgIpc) is 3.45. The first-order chi connectivity index (χ1) is 22.7. The summed E-state index contributed by atoms with van der Waals surface area (Å²) in [5.74, 6) is 0. The van der Waals surface area contributed by atoms with Crippen LogP contribution in [-0.4, -0.2) is 9.55 Å². The molecule has 0 saturated carbocycles. The summed E-state index contributed by atoms with van der Waals surface area (Å²) in [7, 11) is 0. The van der Waals surface area contributed by atoms with Gasteiger partial charge in [0.05, 0.1) is 11.0 Å². The Morgan fingerprint density at radius 2 is 1.09 bits per heavy atom. The Labute approximate surface area is 267 Å². The van der Waals surface area contributed by atoms with Crippen LogP contribution in [0.5, 0.6) is 0 Å². The minimum absolute atomic E-state index is 1.03. The summed E-state index contributed by atoms with van der Waals surface area (Å²) in [6.07, 6.45) is 1.95. The molecule has 0 spiro atoms. The van der Waals surface area contributed by atoms with E-state index in [0.29, 0.717) is 0 Å². The number of hydrogen-bond acceptors (Lipinski definition) is 1. The maximum absolute atomic E-state index is 4.51. The van der Waals surface area contributed by atoms with E-state index in [1.165, 1.54) is 71.2 Å². The van der Waals surface area contributed by atoms with Crippen LogP contribution in [0, 0.1) is 6.92 Å². The van der Waals surface area contributed by atoms with E-state index < -0.39 is 0 Å². The van der Waals surface area contributed by atoms with E-state index in [1.54, 1.807) is 0 Å². The molecule has 2 nitrogen and oxygen atoms in total. The molecule has 2 heteroatoms. The molecule has 0 unspecified atom stereocenters. The zero-order chi connectivity index (χ0) is 30.6. The molecule has 46 heavy (non-hydrogen) atoms. The number of fused-ring (bicyclic) bond motifs is 6. The SMILES string of the molecule is Cc1ccc(-c2ccc(-c3cc4c(c5ccccc35)c3ccc(-c5ccc6ccccc6c5)cc3n4-c3ccccc3)cc2)cn1.